The summed E-state index contributed by atoms with van der Waals surface area (Å²) in [7, 11) is 0. The normalized spacial score (nSPS) is 14.7. The van der Waals surface area contributed by atoms with Crippen LogP contribution in [0.15, 0.2) is 60.9 Å². The summed E-state index contributed by atoms with van der Waals surface area (Å²) in [5, 5.41) is 7.70. The Balaban J connectivity index is 1.46. The first-order valence-corrected chi connectivity index (χ1v) is 8.38. The molecule has 1 aliphatic carbocycles. The molecule has 1 aliphatic rings. The minimum Gasteiger partial charge on any atom is -0.490 e. The molecule has 24 heavy (non-hydrogen) atoms. The second-order valence-corrected chi connectivity index (χ2v) is 6.03. The van der Waals surface area contributed by atoms with Crippen LogP contribution in [-0.2, 0) is 0 Å². The van der Waals surface area contributed by atoms with Crippen molar-refractivity contribution in [3.8, 4) is 11.4 Å². The molecule has 3 aromatic rings. The number of anilines is 2. The zero-order valence-corrected chi connectivity index (χ0v) is 13.4. The lowest BCUT2D eigenvalue weighted by molar-refractivity contribution is 0.210. The van der Waals surface area contributed by atoms with Crippen LogP contribution in [0, 0.1) is 0 Å². The predicted molar refractivity (Wildman–Crippen MR) is 94.0 cm³/mol. The first-order chi connectivity index (χ1) is 11.9. The van der Waals surface area contributed by atoms with Gasteiger partial charge in [-0.2, -0.15) is 4.98 Å². The topological polar surface area (TPSA) is 52.0 Å². The molecule has 0 bridgehead atoms. The van der Waals surface area contributed by atoms with Gasteiger partial charge in [0.15, 0.2) is 0 Å². The molecular formula is C19H20N4O. The zero-order valence-electron chi connectivity index (χ0n) is 13.4. The summed E-state index contributed by atoms with van der Waals surface area (Å²) in [5.74, 6) is 1.46. The number of hydrogen-bond donors (Lipinski definition) is 1. The third-order valence-corrected chi connectivity index (χ3v) is 4.21. The molecular weight excluding hydrogens is 300 g/mol. The molecule has 5 heteroatoms. The van der Waals surface area contributed by atoms with Crippen molar-refractivity contribution < 1.29 is 4.74 Å². The van der Waals surface area contributed by atoms with E-state index in [9.17, 15) is 0 Å². The molecule has 0 radical (unpaired) electrons. The third-order valence-electron chi connectivity index (χ3n) is 4.21. The van der Waals surface area contributed by atoms with Gasteiger partial charge in [-0.3, -0.25) is 0 Å². The van der Waals surface area contributed by atoms with E-state index in [1.807, 2.05) is 54.6 Å². The summed E-state index contributed by atoms with van der Waals surface area (Å²) < 4.78 is 7.79. The molecule has 1 saturated carbocycles. The predicted octanol–water partition coefficient (Wildman–Crippen LogP) is 4.33. The molecule has 1 N–H and O–H groups in total. The molecule has 0 saturated heterocycles. The highest BCUT2D eigenvalue weighted by Gasteiger charge is 2.16. The number of rotatable bonds is 5. The van der Waals surface area contributed by atoms with E-state index in [0.29, 0.717) is 12.1 Å². The lowest BCUT2D eigenvalue weighted by Gasteiger charge is -2.13. The monoisotopic (exact) mass is 320 g/mol. The summed E-state index contributed by atoms with van der Waals surface area (Å²) in [6.45, 7) is 0. The number of para-hydroxylation sites is 1. The first kappa shape index (κ1) is 14.8. The minimum atomic E-state index is 0.357. The van der Waals surface area contributed by atoms with E-state index in [-0.39, 0.29) is 0 Å². The summed E-state index contributed by atoms with van der Waals surface area (Å²) in [5.41, 5.74) is 1.91. The largest absolute Gasteiger partial charge is 0.490 e. The van der Waals surface area contributed by atoms with Crippen molar-refractivity contribution in [3.05, 3.63) is 60.9 Å². The van der Waals surface area contributed by atoms with Gasteiger partial charge in [0.25, 0.3) is 0 Å². The van der Waals surface area contributed by atoms with E-state index in [1.165, 1.54) is 12.8 Å². The van der Waals surface area contributed by atoms with Gasteiger partial charge >= 0.3 is 0 Å². The van der Waals surface area contributed by atoms with Gasteiger partial charge in [-0.25, -0.2) is 4.68 Å². The van der Waals surface area contributed by atoms with Crippen molar-refractivity contribution in [3.63, 3.8) is 0 Å². The van der Waals surface area contributed by atoms with Gasteiger partial charge in [0.1, 0.15) is 12.1 Å². The Labute approximate surface area is 141 Å². The van der Waals surface area contributed by atoms with Crippen LogP contribution in [0.4, 0.5) is 11.6 Å². The second-order valence-electron chi connectivity index (χ2n) is 6.03. The highest BCUT2D eigenvalue weighted by Crippen LogP contribution is 2.26. The second kappa shape index (κ2) is 6.74. The number of nitrogens with zero attached hydrogens (tertiary/aromatic N) is 3. The standard InChI is InChI=1S/C19H20N4O/c1-2-8-16(9-3-1)23-14-20-19(22-23)21-15-7-6-12-18(13-15)24-17-10-4-5-11-17/h1-3,6-9,12-14,17H,4-5,10-11H2,(H,21,22). The smallest absolute Gasteiger partial charge is 0.246 e. The third kappa shape index (κ3) is 3.40. The summed E-state index contributed by atoms with van der Waals surface area (Å²) >= 11 is 0. The molecule has 5 nitrogen and oxygen atoms in total. The zero-order chi connectivity index (χ0) is 16.2. The summed E-state index contributed by atoms with van der Waals surface area (Å²) in [6.07, 6.45) is 6.90. The van der Waals surface area contributed by atoms with Crippen LogP contribution in [0.1, 0.15) is 25.7 Å². The lowest BCUT2D eigenvalue weighted by Crippen LogP contribution is -2.10. The van der Waals surface area contributed by atoms with Gasteiger partial charge in [-0.15, -0.1) is 5.10 Å². The molecule has 0 amide bonds. The Morgan fingerprint density at radius 2 is 1.83 bits per heavy atom. The number of nitrogens with one attached hydrogen (secondary N) is 1. The molecule has 122 valence electrons. The fourth-order valence-corrected chi connectivity index (χ4v) is 3.00. The Hall–Kier alpha value is -2.82. The maximum atomic E-state index is 6.04. The van der Waals surface area contributed by atoms with Crippen LogP contribution in [0.2, 0.25) is 0 Å². The van der Waals surface area contributed by atoms with Gasteiger partial charge in [0.05, 0.1) is 11.8 Å². The Morgan fingerprint density at radius 1 is 1.00 bits per heavy atom. The van der Waals surface area contributed by atoms with Crippen LogP contribution >= 0.6 is 0 Å². The van der Waals surface area contributed by atoms with Crippen LogP contribution in [0.5, 0.6) is 5.75 Å². The molecule has 0 atom stereocenters. The van der Waals surface area contributed by atoms with Gasteiger partial charge in [-0.05, 0) is 49.9 Å². The van der Waals surface area contributed by atoms with Gasteiger partial charge in [-0.1, -0.05) is 24.3 Å². The molecule has 1 fully saturated rings. The Kier molecular flexibility index (Phi) is 4.14. The number of ether oxygens (including phenoxy) is 1. The van der Waals surface area contributed by atoms with E-state index in [0.717, 1.165) is 30.0 Å². The minimum absolute atomic E-state index is 0.357. The van der Waals surface area contributed by atoms with Gasteiger partial charge < -0.3 is 10.1 Å². The number of aromatic nitrogens is 3. The summed E-state index contributed by atoms with van der Waals surface area (Å²) in [6, 6.07) is 17.9. The van der Waals surface area contributed by atoms with E-state index in [2.05, 4.69) is 15.4 Å². The van der Waals surface area contributed by atoms with E-state index >= 15 is 0 Å². The van der Waals surface area contributed by atoms with Gasteiger partial charge in [0, 0.05) is 11.8 Å². The van der Waals surface area contributed by atoms with Crippen molar-refractivity contribution in [2.24, 2.45) is 0 Å². The quantitative estimate of drug-likeness (QED) is 0.760. The molecule has 0 spiro atoms. The fourth-order valence-electron chi connectivity index (χ4n) is 3.00. The van der Waals surface area contributed by atoms with Crippen LogP contribution in [0.25, 0.3) is 5.69 Å². The van der Waals surface area contributed by atoms with Gasteiger partial charge in [0.2, 0.25) is 5.95 Å². The van der Waals surface area contributed by atoms with Crippen molar-refractivity contribution in [2.45, 2.75) is 31.8 Å². The average Bonchev–Trinajstić information content (AvgIpc) is 3.28. The number of benzene rings is 2. The van der Waals surface area contributed by atoms with Crippen LogP contribution in [-0.4, -0.2) is 20.9 Å². The van der Waals surface area contributed by atoms with Crippen molar-refractivity contribution >= 4 is 11.6 Å². The maximum absolute atomic E-state index is 6.04. The highest BCUT2D eigenvalue weighted by atomic mass is 16.5. The van der Waals surface area contributed by atoms with E-state index < -0.39 is 0 Å². The first-order valence-electron chi connectivity index (χ1n) is 8.38. The Morgan fingerprint density at radius 3 is 2.67 bits per heavy atom. The highest BCUT2D eigenvalue weighted by molar-refractivity contribution is 5.55. The molecule has 0 unspecified atom stereocenters. The maximum Gasteiger partial charge on any atom is 0.246 e. The molecule has 2 aromatic carbocycles. The molecule has 1 heterocycles. The van der Waals surface area contributed by atoms with Crippen LogP contribution in [0.3, 0.4) is 0 Å². The van der Waals surface area contributed by atoms with E-state index in [1.54, 1.807) is 11.0 Å². The van der Waals surface area contributed by atoms with Crippen molar-refractivity contribution in [1.82, 2.24) is 14.8 Å². The molecule has 1 aromatic heterocycles. The fraction of sp³-hybridized carbons (Fsp3) is 0.263. The number of hydrogen-bond acceptors (Lipinski definition) is 4. The van der Waals surface area contributed by atoms with Crippen molar-refractivity contribution in [2.75, 3.05) is 5.32 Å². The molecule has 0 aliphatic heterocycles. The van der Waals surface area contributed by atoms with E-state index in [4.69, 9.17) is 4.74 Å². The SMILES string of the molecule is c1ccc(-n2cnc(Nc3cccc(OC4CCCC4)c3)n2)cc1. The average molecular weight is 320 g/mol. The summed E-state index contributed by atoms with van der Waals surface area (Å²) in [4.78, 5) is 4.32. The van der Waals surface area contributed by atoms with Crippen molar-refractivity contribution in [1.29, 1.82) is 0 Å². The van der Waals surface area contributed by atoms with Crippen LogP contribution < -0.4 is 10.1 Å². The lowest BCUT2D eigenvalue weighted by atomic mass is 10.2. The Bertz CT molecular complexity index is 794. The molecule has 4 rings (SSSR count).